The lowest BCUT2D eigenvalue weighted by Crippen LogP contribution is -2.01. The average Bonchev–Trinajstić information content (AvgIpc) is 2.18. The van der Waals surface area contributed by atoms with Crippen LogP contribution in [0.4, 0.5) is 0 Å². The summed E-state index contributed by atoms with van der Waals surface area (Å²) in [6.07, 6.45) is 1.48. The summed E-state index contributed by atoms with van der Waals surface area (Å²) >= 11 is 0. The Kier molecular flexibility index (Phi) is 3.40. The number of hydrogen-bond donors (Lipinski definition) is 1. The first kappa shape index (κ1) is 9.67. The SMILES string of the molecule is C=CCC(O)c1ccc(OC)nn1. The molecule has 1 N–H and O–H groups in total. The topological polar surface area (TPSA) is 55.2 Å². The minimum Gasteiger partial charge on any atom is -0.480 e. The molecule has 0 aliphatic rings. The van der Waals surface area contributed by atoms with Crippen LogP contribution in [0, 0.1) is 0 Å². The third-order valence-electron chi connectivity index (χ3n) is 1.60. The van der Waals surface area contributed by atoms with Crippen molar-refractivity contribution in [3.05, 3.63) is 30.5 Å². The monoisotopic (exact) mass is 180 g/mol. The fourth-order valence-electron chi connectivity index (χ4n) is 0.896. The van der Waals surface area contributed by atoms with E-state index in [1.807, 2.05) is 0 Å². The number of nitrogens with zero attached hydrogens (tertiary/aromatic N) is 2. The molecule has 0 aliphatic carbocycles. The number of ether oxygens (including phenoxy) is 1. The quantitative estimate of drug-likeness (QED) is 0.705. The Hall–Kier alpha value is -1.42. The minimum atomic E-state index is -0.629. The molecule has 13 heavy (non-hydrogen) atoms. The Morgan fingerprint density at radius 2 is 2.38 bits per heavy atom. The van der Waals surface area contributed by atoms with E-state index >= 15 is 0 Å². The molecule has 1 aromatic rings. The van der Waals surface area contributed by atoms with E-state index in [1.54, 1.807) is 18.2 Å². The number of aromatic nitrogens is 2. The molecule has 0 aliphatic heterocycles. The summed E-state index contributed by atoms with van der Waals surface area (Å²) in [5.74, 6) is 0.439. The summed E-state index contributed by atoms with van der Waals surface area (Å²) in [5.41, 5.74) is 0.528. The molecule has 1 unspecified atom stereocenters. The van der Waals surface area contributed by atoms with Crippen molar-refractivity contribution in [3.8, 4) is 5.88 Å². The highest BCUT2D eigenvalue weighted by atomic mass is 16.5. The first-order valence-corrected chi connectivity index (χ1v) is 3.94. The standard InChI is InChI=1S/C9H12N2O2/c1-3-4-8(12)7-5-6-9(13-2)11-10-7/h3,5-6,8,12H,1,4H2,2H3. The predicted octanol–water partition coefficient (Wildman–Crippen LogP) is 1.09. The summed E-state index contributed by atoms with van der Waals surface area (Å²) in [6.45, 7) is 3.53. The van der Waals surface area contributed by atoms with Gasteiger partial charge in [-0.1, -0.05) is 6.08 Å². The van der Waals surface area contributed by atoms with Gasteiger partial charge in [-0.05, 0) is 12.5 Å². The second-order valence-electron chi connectivity index (χ2n) is 2.54. The molecule has 0 amide bonds. The fraction of sp³-hybridized carbons (Fsp3) is 0.333. The van der Waals surface area contributed by atoms with E-state index in [0.29, 0.717) is 18.0 Å². The Balaban J connectivity index is 2.73. The van der Waals surface area contributed by atoms with Gasteiger partial charge in [-0.3, -0.25) is 0 Å². The van der Waals surface area contributed by atoms with Crippen molar-refractivity contribution in [2.24, 2.45) is 0 Å². The van der Waals surface area contributed by atoms with Crippen LogP contribution >= 0.6 is 0 Å². The van der Waals surface area contributed by atoms with Crippen molar-refractivity contribution in [3.63, 3.8) is 0 Å². The second kappa shape index (κ2) is 4.57. The molecule has 0 saturated heterocycles. The van der Waals surface area contributed by atoms with Gasteiger partial charge in [0.25, 0.3) is 0 Å². The van der Waals surface area contributed by atoms with Crippen LogP contribution in [-0.4, -0.2) is 22.4 Å². The smallest absolute Gasteiger partial charge is 0.233 e. The van der Waals surface area contributed by atoms with E-state index in [4.69, 9.17) is 4.74 Å². The maximum Gasteiger partial charge on any atom is 0.233 e. The fourth-order valence-corrected chi connectivity index (χ4v) is 0.896. The van der Waals surface area contributed by atoms with Gasteiger partial charge in [-0.25, -0.2) is 0 Å². The van der Waals surface area contributed by atoms with Gasteiger partial charge < -0.3 is 9.84 Å². The lowest BCUT2D eigenvalue weighted by atomic mass is 10.2. The second-order valence-corrected chi connectivity index (χ2v) is 2.54. The zero-order valence-corrected chi connectivity index (χ0v) is 7.47. The molecule has 0 fully saturated rings. The van der Waals surface area contributed by atoms with Gasteiger partial charge in [0.05, 0.1) is 12.8 Å². The number of methoxy groups -OCH3 is 1. The molecule has 0 spiro atoms. The number of aliphatic hydroxyl groups excluding tert-OH is 1. The van der Waals surface area contributed by atoms with Crippen LogP contribution in [0.1, 0.15) is 18.2 Å². The van der Waals surface area contributed by atoms with E-state index in [2.05, 4.69) is 16.8 Å². The Morgan fingerprint density at radius 1 is 1.62 bits per heavy atom. The van der Waals surface area contributed by atoms with Gasteiger partial charge >= 0.3 is 0 Å². The zero-order valence-electron chi connectivity index (χ0n) is 7.47. The molecular weight excluding hydrogens is 168 g/mol. The van der Waals surface area contributed by atoms with Crippen molar-refractivity contribution in [2.75, 3.05) is 7.11 Å². The van der Waals surface area contributed by atoms with Gasteiger partial charge in [-0.2, -0.15) is 0 Å². The van der Waals surface area contributed by atoms with Gasteiger partial charge in [-0.15, -0.1) is 16.8 Å². The molecule has 0 radical (unpaired) electrons. The predicted molar refractivity (Wildman–Crippen MR) is 48.4 cm³/mol. The van der Waals surface area contributed by atoms with Crippen molar-refractivity contribution in [1.82, 2.24) is 10.2 Å². The number of aliphatic hydroxyl groups is 1. The number of rotatable bonds is 4. The van der Waals surface area contributed by atoms with E-state index < -0.39 is 6.10 Å². The summed E-state index contributed by atoms with van der Waals surface area (Å²) in [5, 5.41) is 17.0. The lowest BCUT2D eigenvalue weighted by Gasteiger charge is -2.06. The Morgan fingerprint density at radius 3 is 2.85 bits per heavy atom. The molecule has 70 valence electrons. The van der Waals surface area contributed by atoms with Crippen molar-refractivity contribution < 1.29 is 9.84 Å². The van der Waals surface area contributed by atoms with Gasteiger partial charge in [0, 0.05) is 6.07 Å². The van der Waals surface area contributed by atoms with E-state index in [-0.39, 0.29) is 0 Å². The van der Waals surface area contributed by atoms with Crippen LogP contribution in [0.3, 0.4) is 0 Å². The highest BCUT2D eigenvalue weighted by Gasteiger charge is 2.07. The van der Waals surface area contributed by atoms with Crippen LogP contribution in [0.15, 0.2) is 24.8 Å². The van der Waals surface area contributed by atoms with E-state index in [9.17, 15) is 5.11 Å². The van der Waals surface area contributed by atoms with Crippen LogP contribution < -0.4 is 4.74 Å². The summed E-state index contributed by atoms with van der Waals surface area (Å²) in [6, 6.07) is 3.34. The summed E-state index contributed by atoms with van der Waals surface area (Å²) in [7, 11) is 1.52. The third kappa shape index (κ3) is 2.52. The zero-order chi connectivity index (χ0) is 9.68. The Bertz CT molecular complexity index is 271. The highest BCUT2D eigenvalue weighted by Crippen LogP contribution is 2.14. The largest absolute Gasteiger partial charge is 0.480 e. The number of hydrogen-bond acceptors (Lipinski definition) is 4. The van der Waals surface area contributed by atoms with E-state index in [1.165, 1.54) is 7.11 Å². The van der Waals surface area contributed by atoms with Crippen molar-refractivity contribution in [1.29, 1.82) is 0 Å². The van der Waals surface area contributed by atoms with Gasteiger partial charge in [0.1, 0.15) is 6.10 Å². The molecule has 1 aromatic heterocycles. The molecule has 4 heteroatoms. The maximum absolute atomic E-state index is 9.47. The van der Waals surface area contributed by atoms with Crippen molar-refractivity contribution in [2.45, 2.75) is 12.5 Å². The molecule has 4 nitrogen and oxygen atoms in total. The summed E-state index contributed by atoms with van der Waals surface area (Å²) < 4.78 is 4.83. The van der Waals surface area contributed by atoms with Crippen molar-refractivity contribution >= 4 is 0 Å². The van der Waals surface area contributed by atoms with Gasteiger partial charge in [0.2, 0.25) is 5.88 Å². The average molecular weight is 180 g/mol. The summed E-state index contributed by atoms with van der Waals surface area (Å²) in [4.78, 5) is 0. The molecule has 0 saturated carbocycles. The normalized spacial score (nSPS) is 12.2. The van der Waals surface area contributed by atoms with Gasteiger partial charge in [0.15, 0.2) is 0 Å². The first-order valence-electron chi connectivity index (χ1n) is 3.94. The molecule has 1 heterocycles. The molecule has 1 rings (SSSR count). The van der Waals surface area contributed by atoms with Crippen LogP contribution in [-0.2, 0) is 0 Å². The lowest BCUT2D eigenvalue weighted by molar-refractivity contribution is 0.175. The minimum absolute atomic E-state index is 0.439. The third-order valence-corrected chi connectivity index (χ3v) is 1.60. The molecule has 1 atom stereocenters. The molecular formula is C9H12N2O2. The van der Waals surface area contributed by atoms with Crippen LogP contribution in [0.2, 0.25) is 0 Å². The molecule has 0 bridgehead atoms. The van der Waals surface area contributed by atoms with Crippen LogP contribution in [0.5, 0.6) is 5.88 Å². The maximum atomic E-state index is 9.47. The Labute approximate surface area is 76.9 Å². The molecule has 0 aromatic carbocycles. The highest BCUT2D eigenvalue weighted by molar-refractivity contribution is 5.13. The first-order chi connectivity index (χ1) is 6.27. The van der Waals surface area contributed by atoms with Crippen LogP contribution in [0.25, 0.3) is 0 Å². The van der Waals surface area contributed by atoms with E-state index in [0.717, 1.165) is 0 Å².